The van der Waals surface area contributed by atoms with Crippen LogP contribution in [-0.2, 0) is 9.53 Å². The van der Waals surface area contributed by atoms with Crippen molar-refractivity contribution >= 4 is 12.0 Å². The Morgan fingerprint density at radius 1 is 1.16 bits per heavy atom. The van der Waals surface area contributed by atoms with E-state index < -0.39 is 5.60 Å². The number of ether oxygens (including phenoxy) is 1. The maximum absolute atomic E-state index is 12.0. The minimum absolute atomic E-state index is 0.163. The highest BCUT2D eigenvalue weighted by Crippen LogP contribution is 2.12. The van der Waals surface area contributed by atoms with Crippen LogP contribution in [0.3, 0.4) is 0 Å². The van der Waals surface area contributed by atoms with Gasteiger partial charge >= 0.3 is 6.09 Å². The van der Waals surface area contributed by atoms with E-state index in [2.05, 4.69) is 24.1 Å². The number of hydrogen-bond donors (Lipinski definition) is 1. The minimum Gasteiger partial charge on any atom is -0.444 e. The summed E-state index contributed by atoms with van der Waals surface area (Å²) in [5, 5.41) is 3.01. The number of nitrogens with one attached hydrogen (secondary N) is 1. The second-order valence-electron chi connectivity index (χ2n) is 8.11. The highest BCUT2D eigenvalue weighted by molar-refractivity contribution is 5.76. The van der Waals surface area contributed by atoms with Crippen molar-refractivity contribution in [3.63, 3.8) is 0 Å². The molecule has 0 aromatic heterocycles. The van der Waals surface area contributed by atoms with E-state index in [9.17, 15) is 9.59 Å². The SMILES string of the molecule is CCCC(C)CC(=O)NCCCN1CCN(C(=O)OC(C)(C)C)CC1. The number of carbonyl (C=O) groups excluding carboxylic acids is 2. The first-order chi connectivity index (χ1) is 11.7. The van der Waals surface area contributed by atoms with E-state index in [0.29, 0.717) is 25.4 Å². The first-order valence-corrected chi connectivity index (χ1v) is 9.68. The van der Waals surface area contributed by atoms with Crippen LogP contribution in [0, 0.1) is 5.92 Å². The molecular formula is C19H37N3O3. The molecule has 1 aliphatic rings. The van der Waals surface area contributed by atoms with Crippen LogP contribution < -0.4 is 5.32 Å². The van der Waals surface area contributed by atoms with Crippen LogP contribution in [-0.4, -0.2) is 66.7 Å². The van der Waals surface area contributed by atoms with E-state index in [1.807, 2.05) is 20.8 Å². The highest BCUT2D eigenvalue weighted by atomic mass is 16.6. The van der Waals surface area contributed by atoms with Gasteiger partial charge in [0.25, 0.3) is 0 Å². The van der Waals surface area contributed by atoms with Crippen molar-refractivity contribution in [2.75, 3.05) is 39.3 Å². The maximum atomic E-state index is 12.0. The van der Waals surface area contributed by atoms with Crippen LogP contribution in [0.25, 0.3) is 0 Å². The number of hydrogen-bond acceptors (Lipinski definition) is 4. The zero-order chi connectivity index (χ0) is 18.9. The average Bonchev–Trinajstić information content (AvgIpc) is 2.50. The predicted molar refractivity (Wildman–Crippen MR) is 101 cm³/mol. The summed E-state index contributed by atoms with van der Waals surface area (Å²) in [7, 11) is 0. The molecule has 6 nitrogen and oxygen atoms in total. The molecule has 1 atom stereocenters. The molecule has 2 amide bonds. The number of piperazine rings is 1. The molecule has 0 radical (unpaired) electrons. The van der Waals surface area contributed by atoms with Crippen LogP contribution in [0.15, 0.2) is 0 Å². The van der Waals surface area contributed by atoms with Crippen LogP contribution >= 0.6 is 0 Å². The fourth-order valence-corrected chi connectivity index (χ4v) is 2.99. The fourth-order valence-electron chi connectivity index (χ4n) is 2.99. The monoisotopic (exact) mass is 355 g/mol. The smallest absolute Gasteiger partial charge is 0.410 e. The van der Waals surface area contributed by atoms with Gasteiger partial charge in [0.05, 0.1) is 0 Å². The Kier molecular flexibility index (Phi) is 9.25. The zero-order valence-corrected chi connectivity index (χ0v) is 16.8. The molecule has 1 rings (SSSR count). The molecule has 0 aliphatic carbocycles. The summed E-state index contributed by atoms with van der Waals surface area (Å²) < 4.78 is 5.41. The third-order valence-electron chi connectivity index (χ3n) is 4.31. The molecule has 0 aromatic rings. The van der Waals surface area contributed by atoms with Crippen LogP contribution in [0.2, 0.25) is 0 Å². The molecule has 25 heavy (non-hydrogen) atoms. The minimum atomic E-state index is -0.443. The lowest BCUT2D eigenvalue weighted by Gasteiger charge is -2.35. The lowest BCUT2D eigenvalue weighted by molar-refractivity contribution is -0.121. The topological polar surface area (TPSA) is 61.9 Å². The van der Waals surface area contributed by atoms with Crippen molar-refractivity contribution in [3.8, 4) is 0 Å². The Morgan fingerprint density at radius 3 is 2.36 bits per heavy atom. The Bertz CT molecular complexity index is 413. The quantitative estimate of drug-likeness (QED) is 0.680. The molecule has 0 saturated carbocycles. The van der Waals surface area contributed by atoms with Crippen molar-refractivity contribution in [2.24, 2.45) is 5.92 Å². The summed E-state index contributed by atoms with van der Waals surface area (Å²) in [6, 6.07) is 0. The average molecular weight is 356 g/mol. The second-order valence-corrected chi connectivity index (χ2v) is 8.11. The van der Waals surface area contributed by atoms with E-state index in [4.69, 9.17) is 4.74 Å². The Labute approximate surface area is 153 Å². The molecule has 1 unspecified atom stereocenters. The fraction of sp³-hybridized carbons (Fsp3) is 0.895. The summed E-state index contributed by atoms with van der Waals surface area (Å²) in [6.45, 7) is 14.8. The van der Waals surface area contributed by atoms with E-state index >= 15 is 0 Å². The van der Waals surface area contributed by atoms with Crippen molar-refractivity contribution < 1.29 is 14.3 Å². The van der Waals surface area contributed by atoms with Crippen molar-refractivity contribution in [1.29, 1.82) is 0 Å². The van der Waals surface area contributed by atoms with Crippen molar-refractivity contribution in [3.05, 3.63) is 0 Å². The molecule has 6 heteroatoms. The molecule has 146 valence electrons. The van der Waals surface area contributed by atoms with Gasteiger partial charge in [-0.05, 0) is 39.7 Å². The Morgan fingerprint density at radius 2 is 1.80 bits per heavy atom. The first-order valence-electron chi connectivity index (χ1n) is 9.68. The molecule has 1 saturated heterocycles. The van der Waals surface area contributed by atoms with Gasteiger partial charge in [-0.25, -0.2) is 4.79 Å². The van der Waals surface area contributed by atoms with Crippen molar-refractivity contribution in [1.82, 2.24) is 15.1 Å². The second kappa shape index (κ2) is 10.6. The maximum Gasteiger partial charge on any atom is 0.410 e. The molecule has 1 aliphatic heterocycles. The summed E-state index contributed by atoms with van der Waals surface area (Å²) in [5.41, 5.74) is -0.443. The predicted octanol–water partition coefficient (Wildman–Crippen LogP) is 2.87. The van der Waals surface area contributed by atoms with Gasteiger partial charge in [-0.3, -0.25) is 9.69 Å². The lowest BCUT2D eigenvalue weighted by atomic mass is 10.0. The number of carbonyl (C=O) groups is 2. The summed E-state index contributed by atoms with van der Waals surface area (Å²) in [4.78, 5) is 28.0. The van der Waals surface area contributed by atoms with E-state index in [1.165, 1.54) is 0 Å². The third-order valence-corrected chi connectivity index (χ3v) is 4.31. The van der Waals surface area contributed by atoms with Crippen molar-refractivity contribution in [2.45, 2.75) is 65.9 Å². The summed E-state index contributed by atoms with van der Waals surface area (Å²) in [5.74, 6) is 0.627. The van der Waals surface area contributed by atoms with Crippen LogP contribution in [0.4, 0.5) is 4.79 Å². The molecule has 1 heterocycles. The molecule has 0 spiro atoms. The zero-order valence-electron chi connectivity index (χ0n) is 16.8. The van der Waals surface area contributed by atoms with Gasteiger partial charge in [-0.1, -0.05) is 26.7 Å². The molecular weight excluding hydrogens is 318 g/mol. The van der Waals surface area contributed by atoms with Gasteiger partial charge in [0.1, 0.15) is 5.60 Å². The number of amides is 2. The van der Waals surface area contributed by atoms with Gasteiger partial charge in [0.15, 0.2) is 0 Å². The van der Waals surface area contributed by atoms with Gasteiger partial charge in [0, 0.05) is 39.1 Å². The molecule has 0 aromatic carbocycles. The van der Waals surface area contributed by atoms with Gasteiger partial charge in [-0.2, -0.15) is 0 Å². The third kappa shape index (κ3) is 9.68. The van der Waals surface area contributed by atoms with Crippen LogP contribution in [0.1, 0.15) is 60.3 Å². The number of nitrogens with zero attached hydrogens (tertiary/aromatic N) is 2. The summed E-state index contributed by atoms with van der Waals surface area (Å²) in [6.07, 6.45) is 3.59. The largest absolute Gasteiger partial charge is 0.444 e. The Balaban J connectivity index is 2.13. The van der Waals surface area contributed by atoms with Gasteiger partial charge in [0.2, 0.25) is 5.91 Å². The standard InChI is InChI=1S/C19H37N3O3/c1-6-8-16(2)15-17(23)20-9-7-10-21-11-13-22(14-12-21)18(24)25-19(3,4)5/h16H,6-15H2,1-5H3,(H,20,23). The van der Waals surface area contributed by atoms with E-state index in [0.717, 1.165) is 45.4 Å². The molecule has 1 fully saturated rings. The Hall–Kier alpha value is -1.30. The van der Waals surface area contributed by atoms with E-state index in [1.54, 1.807) is 4.90 Å². The number of rotatable bonds is 8. The van der Waals surface area contributed by atoms with Gasteiger partial charge < -0.3 is 15.0 Å². The lowest BCUT2D eigenvalue weighted by Crippen LogP contribution is -2.50. The first kappa shape index (κ1) is 21.7. The molecule has 1 N–H and O–H groups in total. The van der Waals surface area contributed by atoms with Crippen LogP contribution in [0.5, 0.6) is 0 Å². The normalized spacial score (nSPS) is 17.2. The van der Waals surface area contributed by atoms with E-state index in [-0.39, 0.29) is 12.0 Å². The highest BCUT2D eigenvalue weighted by Gasteiger charge is 2.25. The van der Waals surface area contributed by atoms with Gasteiger partial charge in [-0.15, -0.1) is 0 Å². The molecule has 0 bridgehead atoms. The summed E-state index contributed by atoms with van der Waals surface area (Å²) >= 11 is 0.